The van der Waals surface area contributed by atoms with Gasteiger partial charge in [0.25, 0.3) is 0 Å². The van der Waals surface area contributed by atoms with Gasteiger partial charge in [-0.3, -0.25) is 0 Å². The number of nitrogens with zero attached hydrogens (tertiary/aromatic N) is 4. The Labute approximate surface area is 350 Å². The third-order valence-corrected chi connectivity index (χ3v) is 10.7. The summed E-state index contributed by atoms with van der Waals surface area (Å²) < 4.78 is 0. The van der Waals surface area contributed by atoms with E-state index in [1.54, 1.807) is 0 Å². The standard InChI is InChI=1S/C56H38N4/c1-7-20-39(21-8-1)47-32-19-33-48(38-47)56-59-54(45-30-17-6-18-31-45)58-55(60-56)46-36-34-42(35-37-46)49-50(40-22-9-2-10-23-40)52(43-26-13-4-14-27-43)57-53(44-28-15-5-16-29-44)51(49)41-24-11-3-12-25-41/h1-38H. The molecule has 4 heteroatoms. The van der Waals surface area contributed by atoms with E-state index in [-0.39, 0.29) is 0 Å². The van der Waals surface area contributed by atoms with Gasteiger partial charge in [0.05, 0.1) is 11.4 Å². The van der Waals surface area contributed by atoms with Gasteiger partial charge in [-0.05, 0) is 33.9 Å². The van der Waals surface area contributed by atoms with E-state index in [2.05, 4.69) is 194 Å². The molecule has 0 saturated heterocycles. The SMILES string of the molecule is c1ccc(-c2cccc(-c3nc(-c4ccccc4)nc(-c4ccc(-c5c(-c6ccccc6)c(-c6ccccc6)nc(-c6ccccc6)c5-c5ccccc5)cc4)n3)c2)cc1. The molecule has 2 aromatic heterocycles. The van der Waals surface area contributed by atoms with Crippen molar-refractivity contribution in [1.82, 2.24) is 19.9 Å². The molecule has 282 valence electrons. The van der Waals surface area contributed by atoms with Gasteiger partial charge in [-0.15, -0.1) is 0 Å². The minimum absolute atomic E-state index is 0.603. The van der Waals surface area contributed by atoms with E-state index in [0.29, 0.717) is 17.5 Å². The van der Waals surface area contributed by atoms with Gasteiger partial charge in [0, 0.05) is 44.5 Å². The second kappa shape index (κ2) is 16.4. The molecule has 8 aromatic carbocycles. The molecule has 0 N–H and O–H groups in total. The van der Waals surface area contributed by atoms with Crippen LogP contribution in [0.3, 0.4) is 0 Å². The average Bonchev–Trinajstić information content (AvgIpc) is 3.35. The summed E-state index contributed by atoms with van der Waals surface area (Å²) in [4.78, 5) is 20.9. The molecule has 0 radical (unpaired) electrons. The molecular formula is C56H38N4. The molecule has 0 spiro atoms. The van der Waals surface area contributed by atoms with Crippen LogP contribution in [-0.4, -0.2) is 19.9 Å². The Bertz CT molecular complexity index is 2930. The third-order valence-electron chi connectivity index (χ3n) is 10.7. The fraction of sp³-hybridized carbons (Fsp3) is 0. The first-order chi connectivity index (χ1) is 29.8. The van der Waals surface area contributed by atoms with Crippen molar-refractivity contribution >= 4 is 0 Å². The fourth-order valence-corrected chi connectivity index (χ4v) is 7.86. The molecule has 0 unspecified atom stereocenters. The third kappa shape index (κ3) is 7.30. The molecular weight excluding hydrogens is 729 g/mol. The number of hydrogen-bond acceptors (Lipinski definition) is 4. The van der Waals surface area contributed by atoms with Crippen LogP contribution in [-0.2, 0) is 0 Å². The topological polar surface area (TPSA) is 51.6 Å². The summed E-state index contributed by atoms with van der Waals surface area (Å²) in [6.07, 6.45) is 0. The lowest BCUT2D eigenvalue weighted by Crippen LogP contribution is -2.02. The summed E-state index contributed by atoms with van der Waals surface area (Å²) in [7, 11) is 0. The second-order valence-electron chi connectivity index (χ2n) is 14.6. The molecule has 0 aliphatic carbocycles. The highest BCUT2D eigenvalue weighted by molar-refractivity contribution is 6.05. The quantitative estimate of drug-likeness (QED) is 0.147. The van der Waals surface area contributed by atoms with Crippen molar-refractivity contribution in [3.05, 3.63) is 231 Å². The Kier molecular flexibility index (Phi) is 9.92. The Morgan fingerprint density at radius 2 is 0.483 bits per heavy atom. The largest absolute Gasteiger partial charge is 0.246 e. The normalized spacial score (nSPS) is 11.0. The molecule has 0 saturated carbocycles. The van der Waals surface area contributed by atoms with Gasteiger partial charge in [-0.1, -0.05) is 224 Å². The number of aromatic nitrogens is 4. The van der Waals surface area contributed by atoms with Crippen molar-refractivity contribution in [3.8, 4) is 101 Å². The predicted octanol–water partition coefficient (Wildman–Crippen LogP) is 14.3. The van der Waals surface area contributed by atoms with Crippen LogP contribution in [0.5, 0.6) is 0 Å². The first-order valence-electron chi connectivity index (χ1n) is 20.1. The maximum absolute atomic E-state index is 5.59. The van der Waals surface area contributed by atoms with Crippen LogP contribution in [0.4, 0.5) is 0 Å². The monoisotopic (exact) mass is 766 g/mol. The predicted molar refractivity (Wildman–Crippen MR) is 247 cm³/mol. The highest BCUT2D eigenvalue weighted by Gasteiger charge is 2.25. The second-order valence-corrected chi connectivity index (χ2v) is 14.6. The highest BCUT2D eigenvalue weighted by Crippen LogP contribution is 2.48. The molecule has 60 heavy (non-hydrogen) atoms. The van der Waals surface area contributed by atoms with E-state index in [4.69, 9.17) is 19.9 Å². The van der Waals surface area contributed by atoms with Gasteiger partial charge in [-0.25, -0.2) is 19.9 Å². The van der Waals surface area contributed by atoms with E-state index in [0.717, 1.165) is 83.7 Å². The molecule has 0 bridgehead atoms. The summed E-state index contributed by atoms with van der Waals surface area (Å²) in [5.74, 6) is 1.84. The lowest BCUT2D eigenvalue weighted by molar-refractivity contribution is 1.07. The summed E-state index contributed by atoms with van der Waals surface area (Å²) >= 11 is 0. The number of rotatable bonds is 9. The first kappa shape index (κ1) is 36.3. The van der Waals surface area contributed by atoms with Crippen molar-refractivity contribution in [3.63, 3.8) is 0 Å². The summed E-state index contributed by atoms with van der Waals surface area (Å²) in [5.41, 5.74) is 15.4. The van der Waals surface area contributed by atoms with Crippen molar-refractivity contribution < 1.29 is 0 Å². The van der Waals surface area contributed by atoms with Crippen LogP contribution >= 0.6 is 0 Å². The molecule has 0 aliphatic rings. The van der Waals surface area contributed by atoms with Crippen LogP contribution in [0, 0.1) is 0 Å². The minimum Gasteiger partial charge on any atom is -0.246 e. The Morgan fingerprint density at radius 3 is 0.933 bits per heavy atom. The molecule has 10 rings (SSSR count). The van der Waals surface area contributed by atoms with Crippen molar-refractivity contribution in [2.24, 2.45) is 0 Å². The van der Waals surface area contributed by atoms with E-state index in [1.807, 2.05) is 36.4 Å². The number of hydrogen-bond donors (Lipinski definition) is 0. The average molecular weight is 767 g/mol. The summed E-state index contributed by atoms with van der Waals surface area (Å²) in [5, 5.41) is 0. The van der Waals surface area contributed by atoms with Gasteiger partial charge in [0.2, 0.25) is 0 Å². The number of pyridine rings is 1. The molecule has 0 fully saturated rings. The molecule has 0 amide bonds. The lowest BCUT2D eigenvalue weighted by Gasteiger charge is -2.23. The van der Waals surface area contributed by atoms with Crippen LogP contribution in [0.15, 0.2) is 231 Å². The molecule has 2 heterocycles. The molecule has 10 aromatic rings. The zero-order valence-corrected chi connectivity index (χ0v) is 32.7. The van der Waals surface area contributed by atoms with Gasteiger partial charge in [-0.2, -0.15) is 0 Å². The Morgan fingerprint density at radius 1 is 0.183 bits per heavy atom. The van der Waals surface area contributed by atoms with E-state index in [1.165, 1.54) is 0 Å². The zero-order valence-electron chi connectivity index (χ0n) is 32.7. The fourth-order valence-electron chi connectivity index (χ4n) is 7.86. The molecule has 4 nitrogen and oxygen atoms in total. The van der Waals surface area contributed by atoms with E-state index < -0.39 is 0 Å². The van der Waals surface area contributed by atoms with Gasteiger partial charge >= 0.3 is 0 Å². The van der Waals surface area contributed by atoms with Crippen LogP contribution < -0.4 is 0 Å². The van der Waals surface area contributed by atoms with Crippen molar-refractivity contribution in [2.45, 2.75) is 0 Å². The van der Waals surface area contributed by atoms with Crippen LogP contribution in [0.2, 0.25) is 0 Å². The zero-order chi connectivity index (χ0) is 40.1. The van der Waals surface area contributed by atoms with Crippen LogP contribution in [0.1, 0.15) is 0 Å². The minimum atomic E-state index is 0.603. The Balaban J connectivity index is 1.19. The highest BCUT2D eigenvalue weighted by atomic mass is 15.0. The van der Waals surface area contributed by atoms with E-state index >= 15 is 0 Å². The van der Waals surface area contributed by atoms with Crippen molar-refractivity contribution in [1.29, 1.82) is 0 Å². The Hall–Kier alpha value is -8.08. The summed E-state index contributed by atoms with van der Waals surface area (Å²) in [6.45, 7) is 0. The summed E-state index contributed by atoms with van der Waals surface area (Å²) in [6, 6.07) is 79.9. The smallest absolute Gasteiger partial charge is 0.164 e. The molecule has 0 atom stereocenters. The maximum Gasteiger partial charge on any atom is 0.164 e. The van der Waals surface area contributed by atoms with Gasteiger partial charge in [0.15, 0.2) is 17.5 Å². The van der Waals surface area contributed by atoms with Crippen LogP contribution in [0.25, 0.3) is 101 Å². The van der Waals surface area contributed by atoms with E-state index in [9.17, 15) is 0 Å². The molecule has 0 aliphatic heterocycles. The van der Waals surface area contributed by atoms with Crippen molar-refractivity contribution in [2.75, 3.05) is 0 Å². The lowest BCUT2D eigenvalue weighted by atomic mass is 9.83. The number of benzene rings is 8. The van der Waals surface area contributed by atoms with Gasteiger partial charge < -0.3 is 0 Å². The maximum atomic E-state index is 5.59. The van der Waals surface area contributed by atoms with Gasteiger partial charge in [0.1, 0.15) is 0 Å². The first-order valence-corrected chi connectivity index (χ1v) is 20.1.